The molecule has 0 saturated heterocycles. The second-order valence-corrected chi connectivity index (χ2v) is 5.39. The van der Waals surface area contributed by atoms with E-state index >= 15 is 0 Å². The normalized spacial score (nSPS) is 10.7. The minimum atomic E-state index is -0.457. The largest absolute Gasteiger partial charge is 0.347 e. The predicted molar refractivity (Wildman–Crippen MR) is 93.6 cm³/mol. The molecule has 0 bridgehead atoms. The first-order valence-corrected chi connectivity index (χ1v) is 7.55. The van der Waals surface area contributed by atoms with Crippen molar-refractivity contribution in [1.29, 1.82) is 0 Å². The lowest BCUT2D eigenvalue weighted by molar-refractivity contribution is -0.383. The minimum Gasteiger partial charge on any atom is -0.347 e. The summed E-state index contributed by atoms with van der Waals surface area (Å²) >= 11 is 0. The number of fused-ring (bicyclic) bond motifs is 1. The van der Waals surface area contributed by atoms with Gasteiger partial charge >= 0.3 is 0 Å². The van der Waals surface area contributed by atoms with E-state index in [-0.39, 0.29) is 11.4 Å². The van der Waals surface area contributed by atoms with Crippen LogP contribution in [-0.2, 0) is 0 Å². The van der Waals surface area contributed by atoms with Crippen LogP contribution in [0.25, 0.3) is 22.2 Å². The summed E-state index contributed by atoms with van der Waals surface area (Å²) in [5, 5.41) is 22.1. The summed E-state index contributed by atoms with van der Waals surface area (Å²) in [6.07, 6.45) is 0. The molecule has 4 aromatic rings. The van der Waals surface area contributed by atoms with E-state index in [1.165, 1.54) is 12.1 Å². The van der Waals surface area contributed by atoms with Gasteiger partial charge in [0.05, 0.1) is 4.92 Å². The van der Waals surface area contributed by atoms with E-state index in [9.17, 15) is 10.1 Å². The fourth-order valence-electron chi connectivity index (χ4n) is 2.71. The molecule has 0 atom stereocenters. The Kier molecular flexibility index (Phi) is 3.59. The van der Waals surface area contributed by atoms with E-state index in [2.05, 4.69) is 15.6 Å². The smallest absolute Gasteiger partial charge is 0.295 e. The highest BCUT2D eigenvalue weighted by Crippen LogP contribution is 2.37. The zero-order valence-electron chi connectivity index (χ0n) is 12.9. The number of hydrogen-bond acceptors (Lipinski definition) is 6. The number of benzene rings is 3. The maximum absolute atomic E-state index is 11.4. The number of nitro benzene ring substituents is 1. The van der Waals surface area contributed by atoms with Crippen LogP contribution in [0, 0.1) is 10.1 Å². The average Bonchev–Trinajstić information content (AvgIpc) is 3.12. The van der Waals surface area contributed by atoms with E-state index in [4.69, 9.17) is 4.63 Å². The topological polar surface area (TPSA) is 94.1 Å². The third-order valence-electron chi connectivity index (χ3n) is 3.87. The van der Waals surface area contributed by atoms with Crippen molar-refractivity contribution in [1.82, 2.24) is 10.3 Å². The van der Waals surface area contributed by atoms with Crippen molar-refractivity contribution in [3.63, 3.8) is 0 Å². The van der Waals surface area contributed by atoms with Gasteiger partial charge in [-0.1, -0.05) is 48.5 Å². The molecular formula is C18H12N4O3. The highest BCUT2D eigenvalue weighted by molar-refractivity contribution is 5.96. The van der Waals surface area contributed by atoms with Crippen molar-refractivity contribution >= 4 is 28.1 Å². The molecule has 122 valence electrons. The van der Waals surface area contributed by atoms with Gasteiger partial charge in [0.25, 0.3) is 5.69 Å². The summed E-state index contributed by atoms with van der Waals surface area (Å²) in [4.78, 5) is 11.0. The summed E-state index contributed by atoms with van der Waals surface area (Å²) in [7, 11) is 0. The lowest BCUT2D eigenvalue weighted by Gasteiger charge is -2.12. The van der Waals surface area contributed by atoms with Crippen LogP contribution in [0.2, 0.25) is 0 Å². The third kappa shape index (κ3) is 2.67. The van der Waals surface area contributed by atoms with Crippen LogP contribution >= 0.6 is 0 Å². The predicted octanol–water partition coefficient (Wildman–Crippen LogP) is 4.54. The number of para-hydroxylation sites is 1. The van der Waals surface area contributed by atoms with Gasteiger partial charge in [-0.25, -0.2) is 4.63 Å². The molecule has 0 amide bonds. The van der Waals surface area contributed by atoms with Crippen molar-refractivity contribution in [2.45, 2.75) is 0 Å². The van der Waals surface area contributed by atoms with Crippen LogP contribution in [-0.4, -0.2) is 15.2 Å². The van der Waals surface area contributed by atoms with E-state index in [0.29, 0.717) is 11.0 Å². The highest BCUT2D eigenvalue weighted by Gasteiger charge is 2.21. The van der Waals surface area contributed by atoms with E-state index in [1.807, 2.05) is 54.6 Å². The molecule has 0 aliphatic heterocycles. The van der Waals surface area contributed by atoms with E-state index < -0.39 is 4.92 Å². The van der Waals surface area contributed by atoms with Crippen LogP contribution in [0.5, 0.6) is 0 Å². The Balaban J connectivity index is 1.87. The van der Waals surface area contributed by atoms with Crippen LogP contribution in [0.15, 0.2) is 71.4 Å². The average molecular weight is 332 g/mol. The Morgan fingerprint density at radius 2 is 1.68 bits per heavy atom. The molecule has 4 rings (SSSR count). The molecule has 3 aromatic carbocycles. The lowest BCUT2D eigenvalue weighted by atomic mass is 10.0. The van der Waals surface area contributed by atoms with Gasteiger partial charge in [0.2, 0.25) is 0 Å². The molecule has 1 heterocycles. The molecule has 1 aromatic heterocycles. The Morgan fingerprint density at radius 1 is 0.920 bits per heavy atom. The van der Waals surface area contributed by atoms with Gasteiger partial charge in [-0.15, -0.1) is 0 Å². The summed E-state index contributed by atoms with van der Waals surface area (Å²) in [5.41, 5.74) is 3.58. The molecule has 0 unspecified atom stereocenters. The van der Waals surface area contributed by atoms with Crippen LogP contribution in [0.1, 0.15) is 0 Å². The van der Waals surface area contributed by atoms with Gasteiger partial charge in [0.15, 0.2) is 5.52 Å². The van der Waals surface area contributed by atoms with Gasteiger partial charge in [-0.3, -0.25) is 10.1 Å². The summed E-state index contributed by atoms with van der Waals surface area (Å²) in [6, 6.07) is 20.3. The first-order chi connectivity index (χ1) is 12.2. The second kappa shape index (κ2) is 6.04. The van der Waals surface area contributed by atoms with Crippen molar-refractivity contribution in [2.24, 2.45) is 0 Å². The summed E-state index contributed by atoms with van der Waals surface area (Å²) in [6.45, 7) is 0. The first kappa shape index (κ1) is 14.8. The number of nitro groups is 1. The fourth-order valence-corrected chi connectivity index (χ4v) is 2.71. The Labute approximate surface area is 142 Å². The quantitative estimate of drug-likeness (QED) is 0.435. The van der Waals surface area contributed by atoms with E-state index in [0.717, 1.165) is 16.8 Å². The molecule has 7 nitrogen and oxygen atoms in total. The maximum atomic E-state index is 11.4. The molecule has 0 fully saturated rings. The molecule has 0 aliphatic carbocycles. The maximum Gasteiger partial charge on any atom is 0.295 e. The molecule has 1 N–H and O–H groups in total. The molecule has 25 heavy (non-hydrogen) atoms. The summed E-state index contributed by atoms with van der Waals surface area (Å²) in [5.74, 6) is 0. The molecule has 0 saturated carbocycles. The fraction of sp³-hybridized carbons (Fsp3) is 0. The number of anilines is 2. The molecule has 7 heteroatoms. The van der Waals surface area contributed by atoms with Crippen molar-refractivity contribution in [3.8, 4) is 11.1 Å². The number of hydrogen-bond donors (Lipinski definition) is 1. The lowest BCUT2D eigenvalue weighted by Crippen LogP contribution is -1.99. The van der Waals surface area contributed by atoms with Gasteiger partial charge in [0.1, 0.15) is 11.2 Å². The van der Waals surface area contributed by atoms with Crippen molar-refractivity contribution in [2.75, 3.05) is 5.32 Å². The monoisotopic (exact) mass is 332 g/mol. The Morgan fingerprint density at radius 3 is 2.48 bits per heavy atom. The number of rotatable bonds is 4. The summed E-state index contributed by atoms with van der Waals surface area (Å²) < 4.78 is 4.73. The first-order valence-electron chi connectivity index (χ1n) is 7.55. The molecule has 0 spiro atoms. The zero-order valence-corrected chi connectivity index (χ0v) is 12.9. The van der Waals surface area contributed by atoms with Gasteiger partial charge in [-0.05, 0) is 28.0 Å². The number of nitrogens with one attached hydrogen (secondary N) is 1. The standard InChI is InChI=1S/C18H12N4O3/c23-22(24)16-11-10-15-17(21-25-20-15)18(16)19-14-9-5-4-8-13(14)12-6-2-1-3-7-12/h1-11,19H. The van der Waals surface area contributed by atoms with Crippen LogP contribution < -0.4 is 5.32 Å². The Hall–Kier alpha value is -3.74. The second-order valence-electron chi connectivity index (χ2n) is 5.39. The molecular weight excluding hydrogens is 320 g/mol. The van der Waals surface area contributed by atoms with Crippen LogP contribution in [0.4, 0.5) is 17.1 Å². The van der Waals surface area contributed by atoms with Crippen molar-refractivity contribution in [3.05, 3.63) is 76.8 Å². The molecule has 0 radical (unpaired) electrons. The minimum absolute atomic E-state index is 0.0916. The highest BCUT2D eigenvalue weighted by atomic mass is 16.6. The molecule has 0 aliphatic rings. The Bertz CT molecular complexity index is 1060. The van der Waals surface area contributed by atoms with E-state index in [1.54, 1.807) is 0 Å². The number of nitrogens with zero attached hydrogens (tertiary/aromatic N) is 3. The zero-order chi connectivity index (χ0) is 17.2. The van der Waals surface area contributed by atoms with Gasteiger partial charge in [-0.2, -0.15) is 0 Å². The SMILES string of the molecule is O=[N+]([O-])c1ccc2nonc2c1Nc1ccccc1-c1ccccc1. The van der Waals surface area contributed by atoms with Gasteiger partial charge in [0, 0.05) is 17.3 Å². The number of aromatic nitrogens is 2. The van der Waals surface area contributed by atoms with Crippen LogP contribution in [0.3, 0.4) is 0 Å². The van der Waals surface area contributed by atoms with Gasteiger partial charge < -0.3 is 5.32 Å². The van der Waals surface area contributed by atoms with Crippen molar-refractivity contribution < 1.29 is 9.55 Å². The third-order valence-corrected chi connectivity index (χ3v) is 3.87.